The lowest BCUT2D eigenvalue weighted by atomic mass is 10.2. The molecular formula is C25H15F8O3S2+. The second-order valence-electron chi connectivity index (χ2n) is 7.68. The fourth-order valence-corrected chi connectivity index (χ4v) is 9.20. The molecule has 200 valence electrons. The summed E-state index contributed by atoms with van der Waals surface area (Å²) >= 11 is 0. The maximum Gasteiger partial charge on any atom is 0.428 e. The first-order chi connectivity index (χ1) is 17.8. The van der Waals surface area contributed by atoms with Gasteiger partial charge in [-0.2, -0.15) is 13.2 Å². The molecule has 1 N–H and O–H groups in total. The van der Waals surface area contributed by atoms with Crippen molar-refractivity contribution in [1.29, 1.82) is 0 Å². The fourth-order valence-electron chi connectivity index (χ4n) is 3.61. The molecule has 0 unspecified atom stereocenters. The summed E-state index contributed by atoms with van der Waals surface area (Å²) in [4.78, 5) is -2.10. The smallest absolute Gasteiger partial charge is 0.258 e. The summed E-state index contributed by atoms with van der Waals surface area (Å²) < 4.78 is 141. The zero-order valence-electron chi connectivity index (χ0n) is 18.7. The van der Waals surface area contributed by atoms with Gasteiger partial charge in [-0.05, 0) is 48.5 Å². The predicted molar refractivity (Wildman–Crippen MR) is 123 cm³/mol. The highest BCUT2D eigenvalue weighted by molar-refractivity contribution is 8.32. The van der Waals surface area contributed by atoms with Crippen LogP contribution in [0.15, 0.2) is 105 Å². The molecule has 13 heteroatoms. The lowest BCUT2D eigenvalue weighted by Crippen LogP contribution is -2.22. The summed E-state index contributed by atoms with van der Waals surface area (Å²) in [6.07, 6.45) is -4.74. The van der Waals surface area contributed by atoms with Crippen molar-refractivity contribution in [2.75, 3.05) is 0 Å². The van der Waals surface area contributed by atoms with E-state index >= 15 is 0 Å². The number of rotatable bonds is 6. The molecule has 3 nitrogen and oxygen atoms in total. The molecule has 38 heavy (non-hydrogen) atoms. The van der Waals surface area contributed by atoms with Gasteiger partial charge in [-0.3, -0.25) is 3.63 Å². The van der Waals surface area contributed by atoms with E-state index in [2.05, 4.69) is 3.63 Å². The van der Waals surface area contributed by atoms with Crippen LogP contribution in [-0.4, -0.2) is 12.0 Å². The highest BCUT2D eigenvalue weighted by atomic mass is 32.3. The van der Waals surface area contributed by atoms with Crippen molar-refractivity contribution in [3.8, 4) is 0 Å². The van der Waals surface area contributed by atoms with E-state index in [-0.39, 0.29) is 14.7 Å². The molecule has 0 saturated heterocycles. The average molecular weight is 580 g/mol. The maximum absolute atomic E-state index is 14.6. The van der Waals surface area contributed by atoms with Crippen molar-refractivity contribution in [3.63, 3.8) is 0 Å². The molecular weight excluding hydrogens is 564 g/mol. The lowest BCUT2D eigenvalue weighted by molar-refractivity contribution is -0.137. The number of halogens is 8. The van der Waals surface area contributed by atoms with Crippen LogP contribution < -0.4 is 0 Å². The van der Waals surface area contributed by atoms with Crippen molar-refractivity contribution in [3.05, 3.63) is 120 Å². The fraction of sp³-hybridized carbons (Fsp3) is 0.0400. The zero-order valence-corrected chi connectivity index (χ0v) is 20.3. The van der Waals surface area contributed by atoms with Gasteiger partial charge in [-0.15, -0.1) is 8.42 Å². The molecule has 0 aliphatic rings. The van der Waals surface area contributed by atoms with E-state index in [1.54, 1.807) is 12.1 Å². The van der Waals surface area contributed by atoms with Crippen molar-refractivity contribution in [1.82, 2.24) is 0 Å². The molecule has 0 aliphatic carbocycles. The molecule has 0 heterocycles. The average Bonchev–Trinajstić information content (AvgIpc) is 2.90. The normalized spacial score (nSPS) is 12.9. The molecule has 0 atom stereocenters. The molecule has 4 aromatic rings. The van der Waals surface area contributed by atoms with Gasteiger partial charge in [0.2, 0.25) is 10.7 Å². The Labute approximate surface area is 213 Å². The van der Waals surface area contributed by atoms with Gasteiger partial charge in [0.1, 0.15) is 0 Å². The molecule has 0 bridgehead atoms. The van der Waals surface area contributed by atoms with Gasteiger partial charge < -0.3 is 0 Å². The molecule has 0 amide bonds. The Morgan fingerprint density at radius 3 is 1.29 bits per heavy atom. The van der Waals surface area contributed by atoms with E-state index < -0.39 is 66.1 Å². The topological polar surface area (TPSA) is 46.9 Å². The molecule has 0 aromatic heterocycles. The van der Waals surface area contributed by atoms with Crippen molar-refractivity contribution in [2.24, 2.45) is 0 Å². The summed E-state index contributed by atoms with van der Waals surface area (Å²) in [7, 11) is -9.25. The van der Waals surface area contributed by atoms with Crippen molar-refractivity contribution < 1.29 is 47.2 Å². The van der Waals surface area contributed by atoms with Crippen LogP contribution in [0, 0.1) is 29.1 Å². The first-order valence-corrected chi connectivity index (χ1v) is 13.4. The van der Waals surface area contributed by atoms with Gasteiger partial charge in [0.05, 0.1) is 30.6 Å². The molecule has 4 rings (SSSR count). The summed E-state index contributed by atoms with van der Waals surface area (Å²) in [5.41, 5.74) is -1.07. The van der Waals surface area contributed by atoms with Crippen LogP contribution in [0.3, 0.4) is 0 Å². The van der Waals surface area contributed by atoms with Crippen LogP contribution in [0.5, 0.6) is 0 Å². The van der Waals surface area contributed by atoms with E-state index in [1.807, 2.05) is 0 Å². The van der Waals surface area contributed by atoms with Gasteiger partial charge in [0.15, 0.2) is 23.3 Å². The minimum absolute atomic E-state index is 0.0957. The molecule has 0 saturated carbocycles. The molecule has 0 spiro atoms. The van der Waals surface area contributed by atoms with Gasteiger partial charge in [0.25, 0.3) is 0 Å². The van der Waals surface area contributed by atoms with Crippen molar-refractivity contribution >= 4 is 20.4 Å². The molecule has 0 aliphatic heterocycles. The Hall–Kier alpha value is -3.42. The van der Waals surface area contributed by atoms with Crippen LogP contribution in [0.2, 0.25) is 0 Å². The van der Waals surface area contributed by atoms with Crippen LogP contribution in [0.4, 0.5) is 35.1 Å². The lowest BCUT2D eigenvalue weighted by Gasteiger charge is -2.35. The summed E-state index contributed by atoms with van der Waals surface area (Å²) in [6.45, 7) is 0. The van der Waals surface area contributed by atoms with Crippen LogP contribution in [0.25, 0.3) is 0 Å². The third kappa shape index (κ3) is 4.76. The highest BCUT2D eigenvalue weighted by Crippen LogP contribution is 2.68. The van der Waals surface area contributed by atoms with E-state index in [1.165, 1.54) is 48.5 Å². The minimum Gasteiger partial charge on any atom is -0.258 e. The Morgan fingerprint density at radius 2 is 0.895 bits per heavy atom. The molecule has 0 fully saturated rings. The van der Waals surface area contributed by atoms with Crippen LogP contribution >= 0.6 is 10.3 Å². The summed E-state index contributed by atoms with van der Waals surface area (Å²) in [5.74, 6) is -12.8. The Bertz CT molecular complexity index is 1510. The Balaban J connectivity index is 2.06. The Kier molecular flexibility index (Phi) is 7.30. The summed E-state index contributed by atoms with van der Waals surface area (Å²) in [5, 5.41) is 0. The first-order valence-electron chi connectivity index (χ1n) is 10.4. The van der Waals surface area contributed by atoms with Crippen molar-refractivity contribution in [2.45, 2.75) is 25.8 Å². The van der Waals surface area contributed by atoms with Gasteiger partial charge in [0, 0.05) is 0 Å². The molecule has 0 radical (unpaired) electrons. The predicted octanol–water partition coefficient (Wildman–Crippen LogP) is 8.08. The SMILES string of the molecule is O=S(=O)([OH+]S(c1ccccc1)(c1ccccc1)c1ccc(C(F)(F)F)cc1)c1c(F)c(F)c(F)c(F)c1F. The van der Waals surface area contributed by atoms with Gasteiger partial charge >= 0.3 is 16.3 Å². The number of alkyl halides is 3. The standard InChI is InChI=1S/C25H14F8O3S2/c26-19-20(27)22(29)24(23(30)21(19)28)38(34,35)36-37(16-7-3-1-4-8-16,17-9-5-2-6-10-17)18-13-11-15(12-14-18)25(31,32)33/h1-14H/p+1. The minimum atomic E-state index is -5.68. The van der Waals surface area contributed by atoms with Crippen LogP contribution in [-0.2, 0) is 16.3 Å². The third-order valence-corrected chi connectivity index (χ3v) is 10.7. The van der Waals surface area contributed by atoms with E-state index in [4.69, 9.17) is 0 Å². The van der Waals surface area contributed by atoms with E-state index in [9.17, 15) is 43.5 Å². The largest absolute Gasteiger partial charge is 0.428 e. The highest BCUT2D eigenvalue weighted by Gasteiger charge is 2.47. The van der Waals surface area contributed by atoms with E-state index in [0.29, 0.717) is 12.1 Å². The van der Waals surface area contributed by atoms with E-state index in [0.717, 1.165) is 12.1 Å². The van der Waals surface area contributed by atoms with Crippen LogP contribution in [0.1, 0.15) is 5.56 Å². The summed E-state index contributed by atoms with van der Waals surface area (Å²) in [6, 6.07) is 17.7. The third-order valence-electron chi connectivity index (χ3n) is 5.33. The zero-order chi connectivity index (χ0) is 27.9. The maximum atomic E-state index is 14.6. The van der Waals surface area contributed by atoms with Gasteiger partial charge in [-0.25, -0.2) is 22.0 Å². The monoisotopic (exact) mass is 579 g/mol. The second kappa shape index (κ2) is 10.0. The second-order valence-corrected chi connectivity index (χ2v) is 12.2. The van der Waals surface area contributed by atoms with Gasteiger partial charge in [-0.1, -0.05) is 36.4 Å². The number of hydrogen-bond donors (Lipinski definition) is 0. The first kappa shape index (κ1) is 27.6. The molecule has 4 aromatic carbocycles. The quantitative estimate of drug-likeness (QED) is 0.0763. The number of hydrogen-bond acceptors (Lipinski definition) is 2. The number of benzene rings is 4. The Morgan fingerprint density at radius 1 is 0.526 bits per heavy atom.